The summed E-state index contributed by atoms with van der Waals surface area (Å²) in [5, 5.41) is 9.19. The van der Waals surface area contributed by atoms with Crippen LogP contribution in [0.3, 0.4) is 0 Å². The van der Waals surface area contributed by atoms with Crippen LogP contribution < -0.4 is 16.0 Å². The summed E-state index contributed by atoms with van der Waals surface area (Å²) < 4.78 is 0. The summed E-state index contributed by atoms with van der Waals surface area (Å²) in [6.45, 7) is 1.14. The molecule has 1 saturated heterocycles. The Morgan fingerprint density at radius 3 is 2.68 bits per heavy atom. The van der Waals surface area contributed by atoms with Crippen LogP contribution in [0.25, 0.3) is 0 Å². The highest BCUT2D eigenvalue weighted by Gasteiger charge is 2.28. The molecular weight excluding hydrogens is 352 g/mol. The molecule has 2 aliphatic rings. The van der Waals surface area contributed by atoms with Crippen LogP contribution in [0.4, 0.5) is 21.9 Å². The number of urea groups is 1. The molecule has 6 nitrogen and oxygen atoms in total. The summed E-state index contributed by atoms with van der Waals surface area (Å²) in [5.41, 5.74) is 5.46. The molecule has 0 spiro atoms. The van der Waals surface area contributed by atoms with Gasteiger partial charge in [-0.2, -0.15) is 0 Å². The second-order valence-corrected chi connectivity index (χ2v) is 7.48. The Balaban J connectivity index is 1.47. The van der Waals surface area contributed by atoms with Crippen molar-refractivity contribution in [2.24, 2.45) is 5.92 Å². The number of benzene rings is 2. The van der Waals surface area contributed by atoms with Crippen molar-refractivity contribution in [2.45, 2.75) is 25.7 Å². The van der Waals surface area contributed by atoms with Crippen molar-refractivity contribution in [3.05, 3.63) is 53.6 Å². The van der Waals surface area contributed by atoms with Crippen molar-refractivity contribution in [1.82, 2.24) is 10.2 Å². The lowest BCUT2D eigenvalue weighted by Crippen LogP contribution is -2.46. The van der Waals surface area contributed by atoms with Crippen LogP contribution in [0, 0.1) is 5.92 Å². The number of nitrogens with one attached hydrogen (secondary N) is 3. The molecule has 2 aromatic rings. The minimum atomic E-state index is -0.150. The van der Waals surface area contributed by atoms with Crippen molar-refractivity contribution < 1.29 is 9.59 Å². The summed E-state index contributed by atoms with van der Waals surface area (Å²) in [5.74, 6) is -0.125. The van der Waals surface area contributed by atoms with E-state index in [1.165, 1.54) is 11.1 Å². The number of rotatable bonds is 2. The van der Waals surface area contributed by atoms with E-state index in [1.807, 2.05) is 18.2 Å². The lowest BCUT2D eigenvalue weighted by molar-refractivity contribution is -0.125. The van der Waals surface area contributed by atoms with Gasteiger partial charge in [-0.3, -0.25) is 4.79 Å². The highest BCUT2D eigenvalue weighted by Crippen LogP contribution is 2.32. The summed E-state index contributed by atoms with van der Waals surface area (Å²) in [6.07, 6.45) is 3.63. The largest absolute Gasteiger partial charge is 0.359 e. The van der Waals surface area contributed by atoms with Crippen LogP contribution in [0.5, 0.6) is 0 Å². The molecule has 1 atom stereocenters. The fraction of sp³-hybridized carbons (Fsp3) is 0.364. The molecule has 0 unspecified atom stereocenters. The lowest BCUT2D eigenvalue weighted by atomic mass is 9.97. The summed E-state index contributed by atoms with van der Waals surface area (Å²) in [4.78, 5) is 26.4. The minimum absolute atomic E-state index is 0.00500. The predicted octanol–water partition coefficient (Wildman–Crippen LogP) is 3.52. The first-order valence-corrected chi connectivity index (χ1v) is 9.89. The molecule has 2 aromatic carbocycles. The van der Waals surface area contributed by atoms with E-state index in [1.54, 1.807) is 11.9 Å². The van der Waals surface area contributed by atoms with Crippen LogP contribution in [0.2, 0.25) is 0 Å². The van der Waals surface area contributed by atoms with Crippen molar-refractivity contribution in [3.8, 4) is 0 Å². The average molecular weight is 378 g/mol. The van der Waals surface area contributed by atoms with E-state index in [-0.39, 0.29) is 17.9 Å². The monoisotopic (exact) mass is 378 g/mol. The van der Waals surface area contributed by atoms with Gasteiger partial charge >= 0.3 is 6.03 Å². The molecular formula is C22H26N4O2. The molecule has 28 heavy (non-hydrogen) atoms. The standard InChI is InChI=1S/C22H26N4O2/c1-23-21(27)17-6-4-12-26(14-17)22(28)24-18-11-10-16-9-8-15-5-2-3-7-19(15)25-20(16)13-18/h2-3,5,7,10-11,13,17,25H,4,6,8-9,12,14H2,1H3,(H,23,27)(H,24,28)/t17-/m0/s1. The van der Waals surface area contributed by atoms with Gasteiger partial charge in [0.1, 0.15) is 0 Å². The molecule has 6 heteroatoms. The Morgan fingerprint density at radius 1 is 1.07 bits per heavy atom. The average Bonchev–Trinajstić information content (AvgIpc) is 2.92. The second-order valence-electron chi connectivity index (χ2n) is 7.48. The zero-order valence-corrected chi connectivity index (χ0v) is 16.1. The molecule has 0 aliphatic carbocycles. The maximum Gasteiger partial charge on any atom is 0.321 e. The van der Waals surface area contributed by atoms with E-state index in [4.69, 9.17) is 0 Å². The van der Waals surface area contributed by atoms with Crippen LogP contribution in [0.15, 0.2) is 42.5 Å². The van der Waals surface area contributed by atoms with E-state index < -0.39 is 0 Å². The van der Waals surface area contributed by atoms with Gasteiger partial charge in [0.15, 0.2) is 0 Å². The number of carbonyl (C=O) groups is 2. The number of amides is 3. The number of aryl methyl sites for hydroxylation is 2. The molecule has 4 rings (SSSR count). The molecule has 0 bridgehead atoms. The maximum atomic E-state index is 12.7. The molecule has 0 aromatic heterocycles. The van der Waals surface area contributed by atoms with E-state index in [0.29, 0.717) is 13.1 Å². The van der Waals surface area contributed by atoms with E-state index in [2.05, 4.69) is 40.2 Å². The van der Waals surface area contributed by atoms with Crippen molar-refractivity contribution in [2.75, 3.05) is 30.8 Å². The molecule has 3 amide bonds. The third-order valence-corrected chi connectivity index (χ3v) is 5.64. The number of nitrogens with zero attached hydrogens (tertiary/aromatic N) is 1. The number of para-hydroxylation sites is 1. The van der Waals surface area contributed by atoms with Gasteiger partial charge in [-0.1, -0.05) is 24.3 Å². The maximum absolute atomic E-state index is 12.7. The molecule has 0 saturated carbocycles. The van der Waals surface area contributed by atoms with Gasteiger partial charge in [-0.05, 0) is 55.0 Å². The zero-order valence-electron chi connectivity index (χ0n) is 16.1. The normalized spacial score (nSPS) is 18.2. The summed E-state index contributed by atoms with van der Waals surface area (Å²) in [6, 6.07) is 14.2. The number of hydrogen-bond donors (Lipinski definition) is 3. The van der Waals surface area contributed by atoms with Crippen molar-refractivity contribution in [1.29, 1.82) is 0 Å². The third-order valence-electron chi connectivity index (χ3n) is 5.64. The van der Waals surface area contributed by atoms with Gasteiger partial charge in [-0.25, -0.2) is 4.79 Å². The van der Waals surface area contributed by atoms with Gasteiger partial charge < -0.3 is 20.9 Å². The van der Waals surface area contributed by atoms with Crippen LogP contribution in [-0.4, -0.2) is 37.0 Å². The third kappa shape index (κ3) is 3.81. The topological polar surface area (TPSA) is 73.5 Å². The number of likely N-dealkylation sites (tertiary alicyclic amines) is 1. The Morgan fingerprint density at radius 2 is 1.86 bits per heavy atom. The number of carbonyl (C=O) groups excluding carboxylic acids is 2. The van der Waals surface area contributed by atoms with Gasteiger partial charge in [0.05, 0.1) is 5.92 Å². The molecule has 3 N–H and O–H groups in total. The first kappa shape index (κ1) is 18.3. The molecule has 2 heterocycles. The van der Waals surface area contributed by atoms with Gasteiger partial charge in [-0.15, -0.1) is 0 Å². The predicted molar refractivity (Wildman–Crippen MR) is 111 cm³/mol. The smallest absolute Gasteiger partial charge is 0.321 e. The van der Waals surface area contributed by atoms with Gasteiger partial charge in [0.25, 0.3) is 0 Å². The van der Waals surface area contributed by atoms with Crippen molar-refractivity contribution >= 4 is 29.0 Å². The van der Waals surface area contributed by atoms with E-state index in [0.717, 1.165) is 42.7 Å². The number of piperidine rings is 1. The molecule has 146 valence electrons. The van der Waals surface area contributed by atoms with Gasteiger partial charge in [0, 0.05) is 37.2 Å². The van der Waals surface area contributed by atoms with Crippen LogP contribution in [0.1, 0.15) is 24.0 Å². The second kappa shape index (κ2) is 7.92. The molecule has 1 fully saturated rings. The number of fused-ring (bicyclic) bond motifs is 2. The van der Waals surface area contributed by atoms with E-state index >= 15 is 0 Å². The fourth-order valence-electron chi connectivity index (χ4n) is 4.05. The number of hydrogen-bond acceptors (Lipinski definition) is 3. The highest BCUT2D eigenvalue weighted by atomic mass is 16.2. The lowest BCUT2D eigenvalue weighted by Gasteiger charge is -2.31. The minimum Gasteiger partial charge on any atom is -0.359 e. The summed E-state index contributed by atoms with van der Waals surface area (Å²) in [7, 11) is 1.64. The van der Waals surface area contributed by atoms with E-state index in [9.17, 15) is 9.59 Å². The molecule has 2 aliphatic heterocycles. The van der Waals surface area contributed by atoms with Crippen LogP contribution in [-0.2, 0) is 17.6 Å². The Bertz CT molecular complexity index is 896. The summed E-state index contributed by atoms with van der Waals surface area (Å²) >= 11 is 0. The highest BCUT2D eigenvalue weighted by molar-refractivity contribution is 5.91. The zero-order chi connectivity index (χ0) is 19.5. The quantitative estimate of drug-likeness (QED) is 0.749. The first-order chi connectivity index (χ1) is 13.6. The van der Waals surface area contributed by atoms with Crippen LogP contribution >= 0.6 is 0 Å². The Labute approximate surface area is 165 Å². The first-order valence-electron chi connectivity index (χ1n) is 9.89. The Hall–Kier alpha value is -3.02. The van der Waals surface area contributed by atoms with Gasteiger partial charge in [0.2, 0.25) is 5.91 Å². The van der Waals surface area contributed by atoms with Crippen molar-refractivity contribution in [3.63, 3.8) is 0 Å². The SMILES string of the molecule is CNC(=O)[C@H]1CCCN(C(=O)Nc2ccc3c(c2)Nc2ccccc2CC3)C1. The fourth-order valence-corrected chi connectivity index (χ4v) is 4.05. The number of anilines is 3. The Kier molecular flexibility index (Phi) is 5.19. The molecule has 0 radical (unpaired) electrons.